The number of hydrogen-bond acceptors (Lipinski definition) is 6. The zero-order valence-corrected chi connectivity index (χ0v) is 17.9. The minimum atomic E-state index is -4.00. The van der Waals surface area contributed by atoms with E-state index in [9.17, 15) is 18.3 Å². The van der Waals surface area contributed by atoms with Gasteiger partial charge < -0.3 is 9.84 Å². The third-order valence-corrected chi connectivity index (χ3v) is 8.77. The number of aliphatic hydroxyl groups is 1. The summed E-state index contributed by atoms with van der Waals surface area (Å²) in [6.07, 6.45) is 0.579. The van der Waals surface area contributed by atoms with Crippen LogP contribution in [0.5, 0.6) is 0 Å². The quantitative estimate of drug-likeness (QED) is 0.459. The molecule has 2 aliphatic carbocycles. The average molecular weight is 421 g/mol. The van der Waals surface area contributed by atoms with Crippen LogP contribution in [0.2, 0.25) is 0 Å². The van der Waals surface area contributed by atoms with Gasteiger partial charge in [-0.15, -0.1) is 0 Å². The summed E-state index contributed by atoms with van der Waals surface area (Å²) in [5.74, 6) is -0.718. The second-order valence-electron chi connectivity index (χ2n) is 9.03. The lowest BCUT2D eigenvalue weighted by molar-refractivity contribution is -0.211. The van der Waals surface area contributed by atoms with Gasteiger partial charge in [0, 0.05) is 11.3 Å². The molecule has 0 amide bonds. The molecule has 29 heavy (non-hydrogen) atoms. The molecular formula is C22H28O6S. The van der Waals surface area contributed by atoms with Gasteiger partial charge in [0.25, 0.3) is 10.1 Å². The Bertz CT molecular complexity index is 952. The Morgan fingerprint density at radius 3 is 2.55 bits per heavy atom. The first kappa shape index (κ1) is 20.6. The van der Waals surface area contributed by atoms with Crippen molar-refractivity contribution in [2.24, 2.45) is 17.3 Å². The first-order valence-corrected chi connectivity index (χ1v) is 11.5. The third kappa shape index (κ3) is 2.89. The summed E-state index contributed by atoms with van der Waals surface area (Å²) >= 11 is 0. The normalized spacial score (nSPS) is 39.6. The van der Waals surface area contributed by atoms with Crippen LogP contribution in [-0.2, 0) is 23.8 Å². The molecule has 3 fully saturated rings. The van der Waals surface area contributed by atoms with Crippen molar-refractivity contribution in [2.75, 3.05) is 0 Å². The molecule has 4 rings (SSSR count). The van der Waals surface area contributed by atoms with E-state index in [4.69, 9.17) is 8.92 Å². The predicted octanol–water partition coefficient (Wildman–Crippen LogP) is 3.13. The van der Waals surface area contributed by atoms with Crippen LogP contribution < -0.4 is 0 Å². The van der Waals surface area contributed by atoms with Gasteiger partial charge in [-0.3, -0.25) is 8.98 Å². The molecular weight excluding hydrogens is 392 g/mol. The van der Waals surface area contributed by atoms with Gasteiger partial charge in [-0.2, -0.15) is 8.42 Å². The van der Waals surface area contributed by atoms with E-state index in [-0.39, 0.29) is 22.7 Å². The molecule has 158 valence electrons. The molecule has 0 bridgehead atoms. The molecule has 6 nitrogen and oxygen atoms in total. The van der Waals surface area contributed by atoms with E-state index >= 15 is 0 Å². The number of rotatable bonds is 3. The number of aryl methyl sites for hydroxylation is 1. The van der Waals surface area contributed by atoms with Crippen LogP contribution in [0.4, 0.5) is 0 Å². The minimum absolute atomic E-state index is 0.0919. The first-order chi connectivity index (χ1) is 13.5. The molecule has 6 atom stereocenters. The number of ether oxygens (including phenoxy) is 1. The van der Waals surface area contributed by atoms with Gasteiger partial charge >= 0.3 is 5.97 Å². The summed E-state index contributed by atoms with van der Waals surface area (Å²) in [6, 6.07) is 6.50. The molecule has 1 N–H and O–H groups in total. The van der Waals surface area contributed by atoms with Crippen molar-refractivity contribution in [1.29, 1.82) is 0 Å². The second-order valence-corrected chi connectivity index (χ2v) is 10.6. The molecule has 1 heterocycles. The molecule has 1 aliphatic heterocycles. The molecule has 0 radical (unpaired) electrons. The summed E-state index contributed by atoms with van der Waals surface area (Å²) in [5, 5.41) is 11.8. The Labute approximate surface area is 172 Å². The fraction of sp³-hybridized carbons (Fsp3) is 0.591. The first-order valence-electron chi connectivity index (χ1n) is 10.1. The van der Waals surface area contributed by atoms with Crippen molar-refractivity contribution in [3.05, 3.63) is 42.0 Å². The van der Waals surface area contributed by atoms with Gasteiger partial charge in [0.2, 0.25) is 0 Å². The predicted molar refractivity (Wildman–Crippen MR) is 106 cm³/mol. The summed E-state index contributed by atoms with van der Waals surface area (Å²) in [7, 11) is -4.00. The molecule has 3 aliphatic rings. The fourth-order valence-corrected chi connectivity index (χ4v) is 6.62. The molecule has 0 aromatic heterocycles. The second kappa shape index (κ2) is 6.65. The van der Waals surface area contributed by atoms with E-state index in [1.54, 1.807) is 12.1 Å². The number of carbonyl (C=O) groups excluding carboxylic acids is 1. The Morgan fingerprint density at radius 1 is 1.24 bits per heavy atom. The number of carbonyl (C=O) groups is 1. The Balaban J connectivity index is 1.69. The van der Waals surface area contributed by atoms with Gasteiger partial charge in [-0.05, 0) is 50.3 Å². The van der Waals surface area contributed by atoms with Crippen LogP contribution in [0.1, 0.15) is 45.1 Å². The smallest absolute Gasteiger partial charge is 0.309 e. The maximum atomic E-state index is 12.9. The molecule has 7 heteroatoms. The van der Waals surface area contributed by atoms with E-state index in [0.717, 1.165) is 5.56 Å². The van der Waals surface area contributed by atoms with Crippen molar-refractivity contribution in [3.8, 4) is 0 Å². The maximum absolute atomic E-state index is 12.9. The molecule has 1 aromatic carbocycles. The molecule has 0 spiro atoms. The van der Waals surface area contributed by atoms with E-state index in [0.29, 0.717) is 31.3 Å². The van der Waals surface area contributed by atoms with E-state index in [2.05, 4.69) is 6.58 Å². The summed E-state index contributed by atoms with van der Waals surface area (Å²) in [6.45, 7) is 9.61. The zero-order valence-electron chi connectivity index (χ0n) is 17.1. The number of hydrogen-bond donors (Lipinski definition) is 1. The van der Waals surface area contributed by atoms with Crippen LogP contribution in [0, 0.1) is 24.2 Å². The monoisotopic (exact) mass is 420 g/mol. The van der Waals surface area contributed by atoms with Crippen molar-refractivity contribution >= 4 is 16.1 Å². The van der Waals surface area contributed by atoms with Gasteiger partial charge in [0.05, 0.1) is 16.9 Å². The van der Waals surface area contributed by atoms with Crippen molar-refractivity contribution in [3.63, 3.8) is 0 Å². The van der Waals surface area contributed by atoms with Crippen LogP contribution in [0.25, 0.3) is 0 Å². The van der Waals surface area contributed by atoms with Gasteiger partial charge in [0.15, 0.2) is 0 Å². The lowest BCUT2D eigenvalue weighted by Crippen LogP contribution is -2.67. The van der Waals surface area contributed by atoms with Crippen molar-refractivity contribution in [1.82, 2.24) is 0 Å². The zero-order chi connectivity index (χ0) is 21.2. The summed E-state index contributed by atoms with van der Waals surface area (Å²) in [5.41, 5.74) is -0.896. The Hall–Kier alpha value is -1.70. The van der Waals surface area contributed by atoms with Gasteiger partial charge in [-0.25, -0.2) is 0 Å². The van der Waals surface area contributed by atoms with E-state index < -0.39 is 33.3 Å². The summed E-state index contributed by atoms with van der Waals surface area (Å²) < 4.78 is 37.2. The fourth-order valence-electron chi connectivity index (χ4n) is 5.43. The number of esters is 1. The highest BCUT2D eigenvalue weighted by molar-refractivity contribution is 7.86. The van der Waals surface area contributed by atoms with Gasteiger partial charge in [-0.1, -0.05) is 38.1 Å². The van der Waals surface area contributed by atoms with Crippen molar-refractivity contribution < 1.29 is 27.2 Å². The standard InChI is InChI=1S/C22H28O6S/c1-13-5-8-16(9-6-13)29(25,26)28-18-10-7-14(2)22(24)19-17(11-12-21(18,22)4)15(3)20(23)27-19/h5-6,8-9,15,17-19,24H,2,7,10-12H2,1,3-4H3/t15-,17-,18+,19-,21-,22-/m0/s1. The Kier molecular flexibility index (Phi) is 4.72. The maximum Gasteiger partial charge on any atom is 0.309 e. The Morgan fingerprint density at radius 2 is 1.90 bits per heavy atom. The van der Waals surface area contributed by atoms with E-state index in [1.165, 1.54) is 12.1 Å². The summed E-state index contributed by atoms with van der Waals surface area (Å²) in [4.78, 5) is 12.3. The topological polar surface area (TPSA) is 89.9 Å². The SMILES string of the molecule is C=C1CC[C@@H](OS(=O)(=O)c2ccc(C)cc2)[C@]2(C)CC[C@H]3[C@H](C)C(=O)O[C@@H]3[C@@]12O. The lowest BCUT2D eigenvalue weighted by atomic mass is 9.51. The molecule has 0 unspecified atom stereocenters. The van der Waals surface area contributed by atoms with Gasteiger partial charge in [0.1, 0.15) is 11.7 Å². The molecule has 1 saturated heterocycles. The molecule has 1 aromatic rings. The van der Waals surface area contributed by atoms with Crippen LogP contribution in [-0.4, -0.2) is 37.3 Å². The number of benzene rings is 1. The van der Waals surface area contributed by atoms with Crippen LogP contribution >= 0.6 is 0 Å². The average Bonchev–Trinajstić information content (AvgIpc) is 2.96. The lowest BCUT2D eigenvalue weighted by Gasteiger charge is -2.59. The largest absolute Gasteiger partial charge is 0.458 e. The van der Waals surface area contributed by atoms with Crippen LogP contribution in [0.15, 0.2) is 41.3 Å². The highest BCUT2D eigenvalue weighted by atomic mass is 32.2. The highest BCUT2D eigenvalue weighted by Crippen LogP contribution is 2.60. The third-order valence-electron chi connectivity index (χ3n) is 7.44. The highest BCUT2D eigenvalue weighted by Gasteiger charge is 2.68. The number of fused-ring (bicyclic) bond motifs is 3. The molecule has 2 saturated carbocycles. The minimum Gasteiger partial charge on any atom is -0.458 e. The van der Waals surface area contributed by atoms with Crippen molar-refractivity contribution in [2.45, 2.75) is 69.2 Å². The van der Waals surface area contributed by atoms with E-state index in [1.807, 2.05) is 20.8 Å². The van der Waals surface area contributed by atoms with Crippen LogP contribution in [0.3, 0.4) is 0 Å².